The van der Waals surface area contributed by atoms with E-state index in [0.717, 1.165) is 6.20 Å². The van der Waals surface area contributed by atoms with Gasteiger partial charge in [0.15, 0.2) is 0 Å². The molecule has 0 saturated carbocycles. The lowest BCUT2D eigenvalue weighted by Gasteiger charge is -2.30. The Morgan fingerprint density at radius 3 is 1.81 bits per heavy atom. The van der Waals surface area contributed by atoms with E-state index in [0.29, 0.717) is 0 Å². The van der Waals surface area contributed by atoms with Crippen LogP contribution in [-0.4, -0.2) is 22.4 Å². The third kappa shape index (κ3) is 1.88. The Morgan fingerprint density at radius 2 is 1.56 bits per heavy atom. The van der Waals surface area contributed by atoms with Crippen molar-refractivity contribution in [1.29, 1.82) is 0 Å². The van der Waals surface area contributed by atoms with Gasteiger partial charge in [0.2, 0.25) is 0 Å². The molecule has 0 aliphatic carbocycles. The van der Waals surface area contributed by atoms with Gasteiger partial charge in [0.1, 0.15) is 5.01 Å². The van der Waals surface area contributed by atoms with Crippen LogP contribution < -0.4 is 0 Å². The average molecular weight is 264 g/mol. The monoisotopic (exact) mass is 264 g/mol. The van der Waals surface area contributed by atoms with Crippen molar-refractivity contribution < 1.29 is 31.4 Å². The molecule has 1 aromatic heterocycles. The van der Waals surface area contributed by atoms with E-state index in [1.165, 1.54) is 0 Å². The van der Waals surface area contributed by atoms with Crippen molar-refractivity contribution in [3.8, 4) is 0 Å². The fourth-order valence-corrected chi connectivity index (χ4v) is 1.72. The zero-order valence-corrected chi connectivity index (χ0v) is 8.17. The minimum absolute atomic E-state index is 0.0362. The molecule has 0 aromatic carbocycles. The van der Waals surface area contributed by atoms with Crippen molar-refractivity contribution >= 4 is 11.3 Å². The van der Waals surface area contributed by atoms with Crippen LogP contribution in [0, 0.1) is 6.92 Å². The normalized spacial score (nSPS) is 14.2. The fourth-order valence-electron chi connectivity index (χ4n) is 0.878. The Morgan fingerprint density at radius 1 is 1.12 bits per heavy atom. The molecular weight excluding hydrogens is 260 g/mol. The van der Waals surface area contributed by atoms with Gasteiger partial charge in [-0.2, -0.15) is 26.3 Å². The summed E-state index contributed by atoms with van der Waals surface area (Å²) < 4.78 is 73.6. The SMILES string of the molecule is [CH2]c1cnc(C(O)(C(F)(F)F)C(F)(F)F)s1. The number of hydrogen-bond donors (Lipinski definition) is 1. The van der Waals surface area contributed by atoms with E-state index in [9.17, 15) is 26.3 Å². The summed E-state index contributed by atoms with van der Waals surface area (Å²) in [7, 11) is 0. The predicted molar refractivity (Wildman–Crippen MR) is 42.6 cm³/mol. The van der Waals surface area contributed by atoms with Gasteiger partial charge in [0.05, 0.1) is 0 Å². The van der Waals surface area contributed by atoms with Crippen molar-refractivity contribution in [3.63, 3.8) is 0 Å². The van der Waals surface area contributed by atoms with Gasteiger partial charge in [-0.3, -0.25) is 0 Å². The van der Waals surface area contributed by atoms with E-state index in [2.05, 4.69) is 11.9 Å². The summed E-state index contributed by atoms with van der Waals surface area (Å²) in [5, 5.41) is 7.35. The van der Waals surface area contributed by atoms with Crippen LogP contribution in [0.4, 0.5) is 26.3 Å². The minimum Gasteiger partial charge on any atom is -0.368 e. The number of aromatic nitrogens is 1. The smallest absolute Gasteiger partial charge is 0.368 e. The first-order valence-corrected chi connectivity index (χ1v) is 4.46. The summed E-state index contributed by atoms with van der Waals surface area (Å²) in [5.74, 6) is 0. The quantitative estimate of drug-likeness (QED) is 0.791. The molecule has 1 heterocycles. The molecule has 1 N–H and O–H groups in total. The lowest BCUT2D eigenvalue weighted by Crippen LogP contribution is -2.53. The Hall–Kier alpha value is -0.830. The Bertz CT molecular complexity index is 367. The lowest BCUT2D eigenvalue weighted by molar-refractivity contribution is -0.376. The molecule has 0 unspecified atom stereocenters. The van der Waals surface area contributed by atoms with Crippen molar-refractivity contribution in [2.75, 3.05) is 0 Å². The first-order chi connectivity index (χ1) is 7.00. The number of hydrogen-bond acceptors (Lipinski definition) is 3. The van der Waals surface area contributed by atoms with E-state index >= 15 is 0 Å². The second-order valence-corrected chi connectivity index (χ2v) is 3.95. The molecule has 2 nitrogen and oxygen atoms in total. The van der Waals surface area contributed by atoms with Gasteiger partial charge in [-0.1, -0.05) is 0 Å². The molecule has 1 rings (SSSR count). The Balaban J connectivity index is 3.38. The second-order valence-electron chi connectivity index (χ2n) is 2.84. The van der Waals surface area contributed by atoms with Gasteiger partial charge in [-0.05, 0) is 6.92 Å². The highest BCUT2D eigenvalue weighted by atomic mass is 32.1. The molecule has 0 amide bonds. The molecule has 0 aliphatic heterocycles. The summed E-state index contributed by atoms with van der Waals surface area (Å²) in [6, 6.07) is 0. The third-order valence-corrected chi connectivity index (χ3v) is 2.65. The highest BCUT2D eigenvalue weighted by molar-refractivity contribution is 7.11. The summed E-state index contributed by atoms with van der Waals surface area (Å²) in [5.41, 5.74) is -4.94. The maximum atomic E-state index is 12.3. The first-order valence-electron chi connectivity index (χ1n) is 3.64. The van der Waals surface area contributed by atoms with E-state index in [1.54, 1.807) is 0 Å². The van der Waals surface area contributed by atoms with Crippen LogP contribution in [0.1, 0.15) is 9.88 Å². The minimum atomic E-state index is -5.89. The van der Waals surface area contributed by atoms with Gasteiger partial charge in [-0.15, -0.1) is 11.3 Å². The molecule has 1 radical (unpaired) electrons. The first kappa shape index (κ1) is 13.2. The maximum Gasteiger partial charge on any atom is 0.433 e. The van der Waals surface area contributed by atoms with Crippen molar-refractivity contribution in [2.45, 2.75) is 18.0 Å². The summed E-state index contributed by atoms with van der Waals surface area (Å²) in [4.78, 5) is 2.78. The van der Waals surface area contributed by atoms with Crippen LogP contribution >= 0.6 is 11.3 Å². The number of alkyl halides is 6. The van der Waals surface area contributed by atoms with Crippen molar-refractivity contribution in [1.82, 2.24) is 4.98 Å². The number of halogens is 6. The molecule has 0 aliphatic rings. The van der Waals surface area contributed by atoms with E-state index < -0.39 is 23.0 Å². The zero-order valence-electron chi connectivity index (χ0n) is 7.35. The lowest BCUT2D eigenvalue weighted by atomic mass is 10.0. The summed E-state index contributed by atoms with van der Waals surface area (Å²) >= 11 is 0.0362. The van der Waals surface area contributed by atoms with E-state index in [4.69, 9.17) is 5.11 Å². The second kappa shape index (κ2) is 3.59. The fraction of sp³-hybridized carbons (Fsp3) is 0.429. The van der Waals surface area contributed by atoms with Gasteiger partial charge in [0.25, 0.3) is 0 Å². The van der Waals surface area contributed by atoms with Gasteiger partial charge < -0.3 is 5.11 Å². The van der Waals surface area contributed by atoms with Crippen LogP contribution in [0.5, 0.6) is 0 Å². The average Bonchev–Trinajstić information content (AvgIpc) is 2.46. The van der Waals surface area contributed by atoms with Crippen molar-refractivity contribution in [2.24, 2.45) is 0 Å². The Kier molecular flexibility index (Phi) is 2.97. The standard InChI is InChI=1S/C7H4F6NOS/c1-3-2-14-4(16-3)5(15,6(8,9)10)7(11,12)13/h2,15H,1H2. The molecular formula is C7H4F6NOS. The van der Waals surface area contributed by atoms with Gasteiger partial charge in [-0.25, -0.2) is 4.98 Å². The van der Waals surface area contributed by atoms with Crippen LogP contribution in [0.25, 0.3) is 0 Å². The highest BCUT2D eigenvalue weighted by Crippen LogP contribution is 2.50. The summed E-state index contributed by atoms with van der Waals surface area (Å²) in [6.45, 7) is 3.13. The molecule has 0 spiro atoms. The van der Waals surface area contributed by atoms with E-state index in [1.807, 2.05) is 0 Å². The Labute approximate surface area is 89.5 Å². The number of thiazole rings is 1. The van der Waals surface area contributed by atoms with E-state index in [-0.39, 0.29) is 16.2 Å². The highest BCUT2D eigenvalue weighted by Gasteiger charge is 2.73. The van der Waals surface area contributed by atoms with Crippen LogP contribution in [0.2, 0.25) is 0 Å². The molecule has 16 heavy (non-hydrogen) atoms. The molecule has 9 heteroatoms. The molecule has 0 fully saturated rings. The maximum absolute atomic E-state index is 12.3. The molecule has 0 atom stereocenters. The zero-order chi connectivity index (χ0) is 12.8. The largest absolute Gasteiger partial charge is 0.433 e. The number of nitrogens with zero attached hydrogens (tertiary/aromatic N) is 1. The molecule has 0 saturated heterocycles. The predicted octanol–water partition coefficient (Wildman–Crippen LogP) is 2.64. The number of aliphatic hydroxyl groups is 1. The van der Waals surface area contributed by atoms with Crippen LogP contribution in [-0.2, 0) is 5.60 Å². The van der Waals surface area contributed by atoms with Crippen LogP contribution in [0.3, 0.4) is 0 Å². The van der Waals surface area contributed by atoms with Crippen molar-refractivity contribution in [3.05, 3.63) is 23.0 Å². The van der Waals surface area contributed by atoms with Gasteiger partial charge >= 0.3 is 18.0 Å². The van der Waals surface area contributed by atoms with Gasteiger partial charge in [0, 0.05) is 11.1 Å². The molecule has 0 bridgehead atoms. The number of rotatable bonds is 1. The summed E-state index contributed by atoms with van der Waals surface area (Å²) in [6.07, 6.45) is -11.1. The topological polar surface area (TPSA) is 33.1 Å². The molecule has 91 valence electrons. The molecule has 1 aromatic rings. The van der Waals surface area contributed by atoms with Crippen LogP contribution in [0.15, 0.2) is 6.20 Å². The third-order valence-electron chi connectivity index (χ3n) is 1.68.